The lowest BCUT2D eigenvalue weighted by molar-refractivity contribution is -0.137. The number of ketones is 2. The highest BCUT2D eigenvalue weighted by Crippen LogP contribution is 2.55. The number of nitrogens with two attached hydrogens (primary N) is 1. The maximum absolute atomic E-state index is 12.9. The lowest BCUT2D eigenvalue weighted by Crippen LogP contribution is -2.55. The zero-order valence-electron chi connectivity index (χ0n) is 13.7. The van der Waals surface area contributed by atoms with Gasteiger partial charge in [-0.3, -0.25) is 9.59 Å². The van der Waals surface area contributed by atoms with Gasteiger partial charge in [-0.05, 0) is 13.8 Å². The summed E-state index contributed by atoms with van der Waals surface area (Å²) in [5.41, 5.74) is 5.85. The first kappa shape index (κ1) is 15.3. The number of allylic oxidation sites excluding steroid dienone is 2. The van der Waals surface area contributed by atoms with Gasteiger partial charge in [0, 0.05) is 36.4 Å². The van der Waals surface area contributed by atoms with Crippen LogP contribution in [-0.2, 0) is 19.1 Å². The Kier molecular flexibility index (Phi) is 2.99. The van der Waals surface area contributed by atoms with Crippen LogP contribution in [0.15, 0.2) is 22.4 Å². The van der Waals surface area contributed by atoms with Gasteiger partial charge < -0.3 is 25.4 Å². The fraction of sp³-hybridized carbons (Fsp3) is 0.562. The molecule has 0 bridgehead atoms. The predicted molar refractivity (Wildman–Crippen MR) is 81.6 cm³/mol. The van der Waals surface area contributed by atoms with E-state index in [4.69, 9.17) is 15.2 Å². The Morgan fingerprint density at radius 1 is 1.33 bits per heavy atom. The van der Waals surface area contributed by atoms with E-state index >= 15 is 0 Å². The van der Waals surface area contributed by atoms with E-state index in [1.165, 1.54) is 0 Å². The molecule has 0 aromatic carbocycles. The van der Waals surface area contributed by atoms with Crippen LogP contribution in [0, 0.1) is 5.92 Å². The van der Waals surface area contributed by atoms with Crippen LogP contribution in [0.25, 0.3) is 0 Å². The normalized spacial score (nSPS) is 36.8. The lowest BCUT2D eigenvalue weighted by atomic mass is 9.81. The van der Waals surface area contributed by atoms with Gasteiger partial charge in [0.1, 0.15) is 6.61 Å². The summed E-state index contributed by atoms with van der Waals surface area (Å²) in [5.74, 6) is -0.913. The lowest BCUT2D eigenvalue weighted by Gasteiger charge is -2.39. The zero-order valence-corrected chi connectivity index (χ0v) is 13.7. The molecule has 24 heavy (non-hydrogen) atoms. The summed E-state index contributed by atoms with van der Waals surface area (Å²) in [6.07, 6.45) is -0.918. The Labute approximate surface area is 138 Å². The number of nitrogens with one attached hydrogen (secondary N) is 1. The van der Waals surface area contributed by atoms with Crippen molar-refractivity contribution in [1.29, 1.82) is 0 Å². The van der Waals surface area contributed by atoms with Crippen molar-refractivity contribution >= 4 is 17.7 Å². The minimum absolute atomic E-state index is 0.0178. The first-order valence-electron chi connectivity index (χ1n) is 7.86. The summed E-state index contributed by atoms with van der Waals surface area (Å²) in [4.78, 5) is 38.7. The molecule has 4 rings (SSSR count). The SMILES string of the molecule is CO[C@@]12C(COC(N)=O)C3=C(C(=O)C(C)=C(C)C3=O)N1CC1NC12. The average Bonchev–Trinajstić information content (AvgIpc) is 3.16. The zero-order chi connectivity index (χ0) is 17.4. The highest BCUT2D eigenvalue weighted by Gasteiger charge is 2.72. The molecule has 0 spiro atoms. The number of ether oxygens (including phenoxy) is 2. The third-order valence-electron chi connectivity index (χ3n) is 5.73. The number of piperazine rings is 1. The second kappa shape index (κ2) is 4.67. The number of rotatable bonds is 3. The number of hydrogen-bond donors (Lipinski definition) is 2. The van der Waals surface area contributed by atoms with Crippen molar-refractivity contribution in [2.24, 2.45) is 11.7 Å². The highest BCUT2D eigenvalue weighted by atomic mass is 16.6. The van der Waals surface area contributed by atoms with Gasteiger partial charge in [-0.2, -0.15) is 0 Å². The fourth-order valence-corrected chi connectivity index (χ4v) is 4.41. The number of amides is 1. The first-order valence-corrected chi connectivity index (χ1v) is 7.86. The quantitative estimate of drug-likeness (QED) is 0.525. The number of hydrogen-bond acceptors (Lipinski definition) is 7. The molecule has 4 aliphatic rings. The van der Waals surface area contributed by atoms with Crippen molar-refractivity contribution in [3.8, 4) is 0 Å². The summed E-state index contributed by atoms with van der Waals surface area (Å²) >= 11 is 0. The largest absolute Gasteiger partial charge is 0.449 e. The number of nitrogens with zero attached hydrogens (tertiary/aromatic N) is 1. The molecule has 0 aromatic rings. The maximum atomic E-state index is 12.9. The van der Waals surface area contributed by atoms with Crippen LogP contribution in [0.4, 0.5) is 4.79 Å². The van der Waals surface area contributed by atoms with Crippen LogP contribution in [0.5, 0.6) is 0 Å². The van der Waals surface area contributed by atoms with Crippen LogP contribution in [0.2, 0.25) is 0 Å². The molecule has 3 aliphatic heterocycles. The Bertz CT molecular complexity index is 755. The molecule has 0 aromatic heterocycles. The third-order valence-corrected chi connectivity index (χ3v) is 5.73. The standard InChI is InChI=1S/C16H19N3O5/c1-6-7(2)13(21)11-10(12(6)20)8(5-24-15(17)22)16(23-3)14-9(18-14)4-19(11)16/h8-9,14,18H,4-5H2,1-3H3,(H2,17,22)/t8?,9?,14?,16-/m1/s1. The Morgan fingerprint density at radius 3 is 2.62 bits per heavy atom. The van der Waals surface area contributed by atoms with Crippen molar-refractivity contribution in [2.75, 3.05) is 20.3 Å². The van der Waals surface area contributed by atoms with Gasteiger partial charge in [0.2, 0.25) is 5.78 Å². The Balaban J connectivity index is 1.85. The number of Topliss-reactive ketones (excluding diaryl/α,β-unsaturated/α-hetero) is 2. The summed E-state index contributed by atoms with van der Waals surface area (Å²) in [6.45, 7) is 3.78. The van der Waals surface area contributed by atoms with Gasteiger partial charge in [0.05, 0.1) is 17.7 Å². The molecule has 128 valence electrons. The predicted octanol–water partition coefficient (Wildman–Crippen LogP) is -0.547. The van der Waals surface area contributed by atoms with E-state index < -0.39 is 17.7 Å². The molecule has 3 N–H and O–H groups in total. The van der Waals surface area contributed by atoms with Crippen LogP contribution in [0.3, 0.4) is 0 Å². The topological polar surface area (TPSA) is 121 Å². The average molecular weight is 333 g/mol. The molecule has 1 aliphatic carbocycles. The number of carbonyl (C=O) groups is 3. The van der Waals surface area contributed by atoms with Crippen LogP contribution >= 0.6 is 0 Å². The number of fused-ring (bicyclic) bond motifs is 4. The van der Waals surface area contributed by atoms with Gasteiger partial charge in [-0.1, -0.05) is 0 Å². The van der Waals surface area contributed by atoms with Crippen LogP contribution in [0.1, 0.15) is 13.8 Å². The van der Waals surface area contributed by atoms with Crippen molar-refractivity contribution in [1.82, 2.24) is 10.2 Å². The second-order valence-corrected chi connectivity index (χ2v) is 6.67. The van der Waals surface area contributed by atoms with Crippen molar-refractivity contribution in [3.63, 3.8) is 0 Å². The molecule has 1 amide bonds. The molecule has 8 heteroatoms. The monoisotopic (exact) mass is 333 g/mol. The van der Waals surface area contributed by atoms with Gasteiger partial charge in [0.25, 0.3) is 0 Å². The number of carbonyl (C=O) groups excluding carboxylic acids is 3. The Morgan fingerprint density at radius 2 is 2.00 bits per heavy atom. The molecule has 3 unspecified atom stereocenters. The maximum Gasteiger partial charge on any atom is 0.404 e. The van der Waals surface area contributed by atoms with E-state index in [9.17, 15) is 14.4 Å². The van der Waals surface area contributed by atoms with Gasteiger partial charge in [-0.25, -0.2) is 4.79 Å². The van der Waals surface area contributed by atoms with Crippen LogP contribution < -0.4 is 11.1 Å². The minimum atomic E-state index is -0.918. The molecule has 4 atom stereocenters. The highest BCUT2D eigenvalue weighted by molar-refractivity contribution is 6.25. The molecular weight excluding hydrogens is 314 g/mol. The fourth-order valence-electron chi connectivity index (χ4n) is 4.41. The van der Waals surface area contributed by atoms with E-state index in [1.54, 1.807) is 21.0 Å². The van der Waals surface area contributed by atoms with Crippen LogP contribution in [-0.4, -0.2) is 60.6 Å². The molecule has 0 saturated carbocycles. The first-order chi connectivity index (χ1) is 11.3. The van der Waals surface area contributed by atoms with Gasteiger partial charge in [0.15, 0.2) is 11.5 Å². The van der Waals surface area contributed by atoms with E-state index in [-0.39, 0.29) is 30.3 Å². The van der Waals surface area contributed by atoms with Crippen molar-refractivity contribution in [2.45, 2.75) is 31.7 Å². The molecule has 2 fully saturated rings. The second-order valence-electron chi connectivity index (χ2n) is 6.67. The third kappa shape index (κ3) is 1.62. The molecular formula is C16H19N3O5. The van der Waals surface area contributed by atoms with Gasteiger partial charge >= 0.3 is 6.09 Å². The summed E-state index contributed by atoms with van der Waals surface area (Å²) in [5, 5.41) is 3.31. The summed E-state index contributed by atoms with van der Waals surface area (Å²) in [7, 11) is 1.55. The smallest absolute Gasteiger partial charge is 0.404 e. The molecule has 0 radical (unpaired) electrons. The Hall–Kier alpha value is -2.19. The molecule has 8 nitrogen and oxygen atoms in total. The molecule has 2 saturated heterocycles. The van der Waals surface area contributed by atoms with Crippen molar-refractivity contribution in [3.05, 3.63) is 22.4 Å². The van der Waals surface area contributed by atoms with Crippen molar-refractivity contribution < 1.29 is 23.9 Å². The number of primary amides is 1. The summed E-state index contributed by atoms with van der Waals surface area (Å²) in [6, 6.07) is 0.182. The molecule has 3 heterocycles. The van der Waals surface area contributed by atoms with E-state index in [1.807, 2.05) is 4.90 Å². The van der Waals surface area contributed by atoms with E-state index in [0.29, 0.717) is 29.0 Å². The van der Waals surface area contributed by atoms with E-state index in [2.05, 4.69) is 5.32 Å². The minimum Gasteiger partial charge on any atom is -0.449 e. The van der Waals surface area contributed by atoms with Gasteiger partial charge in [-0.15, -0.1) is 0 Å². The number of methoxy groups -OCH3 is 1. The van der Waals surface area contributed by atoms with E-state index in [0.717, 1.165) is 0 Å². The summed E-state index contributed by atoms with van der Waals surface area (Å²) < 4.78 is 10.9.